The third-order valence-corrected chi connectivity index (χ3v) is 4.14. The van der Waals surface area contributed by atoms with Gasteiger partial charge >= 0.3 is 0 Å². The zero-order chi connectivity index (χ0) is 17.3. The highest BCUT2D eigenvalue weighted by Gasteiger charge is 2.19. The van der Waals surface area contributed by atoms with Crippen molar-refractivity contribution in [2.45, 2.75) is 26.4 Å². The van der Waals surface area contributed by atoms with Crippen LogP contribution in [0.2, 0.25) is 5.02 Å². The van der Waals surface area contributed by atoms with Gasteiger partial charge in [0.1, 0.15) is 5.82 Å². The van der Waals surface area contributed by atoms with E-state index in [0.29, 0.717) is 28.5 Å². The van der Waals surface area contributed by atoms with E-state index >= 15 is 0 Å². The average molecular weight is 349 g/mol. The van der Waals surface area contributed by atoms with Gasteiger partial charge in [0.25, 0.3) is 5.56 Å². The Hall–Kier alpha value is -2.18. The predicted molar refractivity (Wildman–Crippen MR) is 91.6 cm³/mol. The summed E-state index contributed by atoms with van der Waals surface area (Å²) in [7, 11) is 0. The topological polar surface area (TPSA) is 62.2 Å². The molecule has 1 aromatic carbocycles. The monoisotopic (exact) mass is 348 g/mol. The molecule has 2 aromatic heterocycles. The Bertz CT molecular complexity index is 918. The first-order chi connectivity index (χ1) is 11.5. The Balaban J connectivity index is 1.84. The van der Waals surface area contributed by atoms with Gasteiger partial charge in [-0.05, 0) is 18.1 Å². The average Bonchev–Trinajstić information content (AvgIpc) is 2.98. The van der Waals surface area contributed by atoms with Crippen LogP contribution in [0.5, 0.6) is 0 Å². The Morgan fingerprint density at radius 3 is 2.83 bits per heavy atom. The van der Waals surface area contributed by atoms with Crippen LogP contribution in [-0.4, -0.2) is 14.6 Å². The summed E-state index contributed by atoms with van der Waals surface area (Å²) in [6.45, 7) is 4.37. The molecule has 0 radical (unpaired) electrons. The summed E-state index contributed by atoms with van der Waals surface area (Å²) in [6, 6.07) is 7.65. The van der Waals surface area contributed by atoms with E-state index in [0.717, 1.165) is 0 Å². The number of fused-ring (bicyclic) bond motifs is 1. The maximum absolute atomic E-state index is 14.2. The van der Waals surface area contributed by atoms with Crippen LogP contribution in [0.4, 0.5) is 4.39 Å². The molecular weight excluding hydrogens is 331 g/mol. The number of hydrogen-bond donors (Lipinski definition) is 2. The Labute approximate surface area is 143 Å². The molecule has 1 atom stereocenters. The molecule has 0 spiro atoms. The highest BCUT2D eigenvalue weighted by molar-refractivity contribution is 6.30. The first kappa shape index (κ1) is 16.7. The second-order valence-electron chi connectivity index (χ2n) is 6.01. The van der Waals surface area contributed by atoms with Gasteiger partial charge in [-0.15, -0.1) is 0 Å². The molecule has 0 saturated carbocycles. The lowest BCUT2D eigenvalue weighted by Crippen LogP contribution is -2.27. The first-order valence-electron chi connectivity index (χ1n) is 7.70. The van der Waals surface area contributed by atoms with Gasteiger partial charge in [-0.25, -0.2) is 13.9 Å². The molecule has 3 aromatic rings. The smallest absolute Gasteiger partial charge is 0.272 e. The molecule has 3 rings (SSSR count). The van der Waals surface area contributed by atoms with E-state index in [1.807, 2.05) is 13.8 Å². The maximum atomic E-state index is 14.2. The van der Waals surface area contributed by atoms with Gasteiger partial charge in [0.15, 0.2) is 5.65 Å². The largest absolute Gasteiger partial charge is 0.304 e. The maximum Gasteiger partial charge on any atom is 0.272 e. The second kappa shape index (κ2) is 6.75. The van der Waals surface area contributed by atoms with Crippen LogP contribution in [0.3, 0.4) is 0 Å². The molecule has 2 N–H and O–H groups in total. The van der Waals surface area contributed by atoms with Gasteiger partial charge in [0, 0.05) is 41.5 Å². The minimum absolute atomic E-state index is 0.151. The van der Waals surface area contributed by atoms with Gasteiger partial charge in [0.2, 0.25) is 0 Å². The minimum atomic E-state index is -0.345. The summed E-state index contributed by atoms with van der Waals surface area (Å²) in [6.07, 6.45) is 1.65. The lowest BCUT2D eigenvalue weighted by atomic mass is 9.95. The van der Waals surface area contributed by atoms with Crippen LogP contribution in [0, 0.1) is 11.7 Å². The molecule has 0 saturated heterocycles. The Kier molecular flexibility index (Phi) is 4.69. The molecular formula is C17H18ClFN4O. The molecule has 5 nitrogen and oxygen atoms in total. The zero-order valence-corrected chi connectivity index (χ0v) is 14.1. The summed E-state index contributed by atoms with van der Waals surface area (Å²) in [5, 5.41) is 6.46. The summed E-state index contributed by atoms with van der Waals surface area (Å²) < 4.78 is 15.6. The van der Waals surface area contributed by atoms with Crippen molar-refractivity contribution < 1.29 is 4.39 Å². The fourth-order valence-electron chi connectivity index (χ4n) is 2.74. The van der Waals surface area contributed by atoms with Gasteiger partial charge in [0.05, 0.1) is 5.69 Å². The molecule has 0 fully saturated rings. The lowest BCUT2D eigenvalue weighted by Gasteiger charge is -2.23. The molecule has 0 bridgehead atoms. The van der Waals surface area contributed by atoms with Crippen molar-refractivity contribution in [2.24, 2.45) is 5.92 Å². The van der Waals surface area contributed by atoms with Crippen LogP contribution < -0.4 is 10.9 Å². The molecule has 7 heteroatoms. The highest BCUT2D eigenvalue weighted by atomic mass is 35.5. The van der Waals surface area contributed by atoms with Gasteiger partial charge in [-0.2, -0.15) is 0 Å². The quantitative estimate of drug-likeness (QED) is 0.743. The van der Waals surface area contributed by atoms with Crippen molar-refractivity contribution in [2.75, 3.05) is 0 Å². The SMILES string of the molecule is CC(C)C(NCc1cc(=O)n2[nH]ccc2n1)c1ccc(Cl)cc1F. The van der Waals surface area contributed by atoms with Crippen LogP contribution >= 0.6 is 11.6 Å². The second-order valence-corrected chi connectivity index (χ2v) is 6.45. The number of nitrogens with one attached hydrogen (secondary N) is 2. The summed E-state index contributed by atoms with van der Waals surface area (Å²) in [5.74, 6) is -0.194. The fraction of sp³-hybridized carbons (Fsp3) is 0.294. The molecule has 0 aliphatic heterocycles. The number of halogens is 2. The Morgan fingerprint density at radius 1 is 1.33 bits per heavy atom. The van der Waals surface area contributed by atoms with Gasteiger partial charge < -0.3 is 5.32 Å². The van der Waals surface area contributed by atoms with Crippen molar-refractivity contribution in [3.8, 4) is 0 Å². The normalized spacial score (nSPS) is 12.9. The van der Waals surface area contributed by atoms with E-state index in [1.165, 1.54) is 16.6 Å². The number of benzene rings is 1. The molecule has 126 valence electrons. The van der Waals surface area contributed by atoms with E-state index in [1.54, 1.807) is 24.4 Å². The standard InChI is InChI=1S/C17H18ClFN4O/c1-10(2)17(13-4-3-11(18)7-14(13)19)20-9-12-8-16(24)23-15(22-12)5-6-21-23/h3-8,10,17,20-21H,9H2,1-2H3. The van der Waals surface area contributed by atoms with E-state index in [9.17, 15) is 9.18 Å². The number of hydrogen-bond acceptors (Lipinski definition) is 3. The molecule has 0 aliphatic rings. The van der Waals surface area contributed by atoms with Crippen molar-refractivity contribution in [3.05, 3.63) is 69.0 Å². The lowest BCUT2D eigenvalue weighted by molar-refractivity contribution is 0.394. The first-order valence-corrected chi connectivity index (χ1v) is 8.08. The van der Waals surface area contributed by atoms with Crippen molar-refractivity contribution in [3.63, 3.8) is 0 Å². The van der Waals surface area contributed by atoms with Crippen LogP contribution in [-0.2, 0) is 6.54 Å². The number of rotatable bonds is 5. The molecule has 0 aliphatic carbocycles. The van der Waals surface area contributed by atoms with Crippen LogP contribution in [0.15, 0.2) is 41.3 Å². The van der Waals surface area contributed by atoms with Crippen molar-refractivity contribution >= 4 is 17.2 Å². The number of aromatic nitrogens is 3. The van der Waals surface area contributed by atoms with E-state index in [2.05, 4.69) is 15.4 Å². The third kappa shape index (κ3) is 3.34. The molecule has 2 heterocycles. The number of aromatic amines is 1. The Morgan fingerprint density at radius 2 is 2.12 bits per heavy atom. The highest BCUT2D eigenvalue weighted by Crippen LogP contribution is 2.26. The van der Waals surface area contributed by atoms with Crippen molar-refractivity contribution in [1.82, 2.24) is 19.9 Å². The van der Waals surface area contributed by atoms with Crippen LogP contribution in [0.25, 0.3) is 5.65 Å². The summed E-state index contributed by atoms with van der Waals surface area (Å²) in [4.78, 5) is 16.4. The predicted octanol–water partition coefficient (Wildman–Crippen LogP) is 3.30. The number of nitrogens with zero attached hydrogens (tertiary/aromatic N) is 2. The van der Waals surface area contributed by atoms with Crippen LogP contribution in [0.1, 0.15) is 31.1 Å². The van der Waals surface area contributed by atoms with E-state index in [4.69, 9.17) is 11.6 Å². The van der Waals surface area contributed by atoms with E-state index in [-0.39, 0.29) is 23.3 Å². The summed E-state index contributed by atoms with van der Waals surface area (Å²) in [5.41, 5.74) is 1.53. The van der Waals surface area contributed by atoms with E-state index < -0.39 is 0 Å². The van der Waals surface area contributed by atoms with Gasteiger partial charge in [-0.3, -0.25) is 9.89 Å². The molecule has 24 heavy (non-hydrogen) atoms. The number of H-pyrrole nitrogens is 1. The van der Waals surface area contributed by atoms with Gasteiger partial charge in [-0.1, -0.05) is 31.5 Å². The molecule has 1 unspecified atom stereocenters. The zero-order valence-electron chi connectivity index (χ0n) is 13.4. The molecule has 0 amide bonds. The summed E-state index contributed by atoms with van der Waals surface area (Å²) >= 11 is 5.83. The minimum Gasteiger partial charge on any atom is -0.304 e. The third-order valence-electron chi connectivity index (χ3n) is 3.90. The fourth-order valence-corrected chi connectivity index (χ4v) is 2.90. The van der Waals surface area contributed by atoms with Crippen molar-refractivity contribution in [1.29, 1.82) is 0 Å².